The van der Waals surface area contributed by atoms with Gasteiger partial charge in [0.2, 0.25) is 5.91 Å². The van der Waals surface area contributed by atoms with E-state index in [4.69, 9.17) is 0 Å². The maximum atomic E-state index is 11.7. The maximum Gasteiger partial charge on any atom is 0.246 e. The Bertz CT molecular complexity index is 381. The fourth-order valence-corrected chi connectivity index (χ4v) is 2.35. The molecule has 0 heterocycles. The van der Waals surface area contributed by atoms with E-state index >= 15 is 0 Å². The molecule has 0 aliphatic heterocycles. The molecule has 4 heteroatoms. The SMILES string of the molecule is CC(=O)C(C)(C)CC(C)(C)CN(C)C(=O)/C=C\C=O. The van der Waals surface area contributed by atoms with Crippen LogP contribution in [0.3, 0.4) is 0 Å². The number of allylic oxidation sites excluding steroid dienone is 1. The van der Waals surface area contributed by atoms with Crippen molar-refractivity contribution in [3.05, 3.63) is 12.2 Å². The lowest BCUT2D eigenvalue weighted by Gasteiger charge is -2.36. The van der Waals surface area contributed by atoms with Crippen molar-refractivity contribution >= 4 is 18.0 Å². The molecule has 0 aliphatic rings. The molecule has 0 atom stereocenters. The molecule has 0 bridgehead atoms. The van der Waals surface area contributed by atoms with Crippen LogP contribution in [-0.4, -0.2) is 36.5 Å². The van der Waals surface area contributed by atoms with Crippen molar-refractivity contribution in [1.29, 1.82) is 0 Å². The van der Waals surface area contributed by atoms with Crippen molar-refractivity contribution in [2.24, 2.45) is 10.8 Å². The Morgan fingerprint density at radius 3 is 2.11 bits per heavy atom. The minimum atomic E-state index is -0.397. The number of hydrogen-bond donors (Lipinski definition) is 0. The number of aldehydes is 1. The molecule has 0 saturated carbocycles. The van der Waals surface area contributed by atoms with Gasteiger partial charge in [0, 0.05) is 25.1 Å². The fraction of sp³-hybridized carbons (Fsp3) is 0.667. The van der Waals surface area contributed by atoms with E-state index in [0.717, 1.165) is 0 Å². The van der Waals surface area contributed by atoms with Gasteiger partial charge < -0.3 is 4.90 Å². The van der Waals surface area contributed by atoms with E-state index < -0.39 is 5.41 Å². The first kappa shape index (κ1) is 17.6. The average molecular weight is 267 g/mol. The molecule has 0 fully saturated rings. The molecule has 108 valence electrons. The van der Waals surface area contributed by atoms with E-state index in [2.05, 4.69) is 0 Å². The number of amides is 1. The van der Waals surface area contributed by atoms with Gasteiger partial charge in [0.05, 0.1) is 0 Å². The molecule has 0 rings (SSSR count). The molecule has 4 nitrogen and oxygen atoms in total. The first-order chi connectivity index (χ1) is 8.52. The van der Waals surface area contributed by atoms with Crippen LogP contribution in [0.15, 0.2) is 12.2 Å². The molecule has 0 aliphatic carbocycles. The molecule has 0 spiro atoms. The maximum absolute atomic E-state index is 11.7. The molecule has 19 heavy (non-hydrogen) atoms. The summed E-state index contributed by atoms with van der Waals surface area (Å²) in [5.74, 6) is -0.0591. The molecular formula is C15H25NO3. The number of carbonyl (C=O) groups is 3. The summed E-state index contributed by atoms with van der Waals surface area (Å²) in [6.45, 7) is 10.0. The third-order valence-electron chi connectivity index (χ3n) is 3.23. The number of nitrogens with zero attached hydrogens (tertiary/aromatic N) is 1. The van der Waals surface area contributed by atoms with E-state index in [1.165, 1.54) is 12.2 Å². The van der Waals surface area contributed by atoms with Gasteiger partial charge in [-0.3, -0.25) is 14.4 Å². The summed E-state index contributed by atoms with van der Waals surface area (Å²) in [6.07, 6.45) is 3.71. The lowest BCUT2D eigenvalue weighted by atomic mass is 9.73. The van der Waals surface area contributed by atoms with Crippen LogP contribution < -0.4 is 0 Å². The summed E-state index contributed by atoms with van der Waals surface area (Å²) in [5, 5.41) is 0. The lowest BCUT2D eigenvalue weighted by molar-refractivity contribution is -0.128. The second-order valence-electron chi connectivity index (χ2n) is 6.47. The highest BCUT2D eigenvalue weighted by molar-refractivity contribution is 5.90. The van der Waals surface area contributed by atoms with Gasteiger partial charge in [0.1, 0.15) is 12.1 Å². The summed E-state index contributed by atoms with van der Waals surface area (Å²) in [4.78, 5) is 35.0. The van der Waals surface area contributed by atoms with Crippen LogP contribution in [0.1, 0.15) is 41.0 Å². The zero-order valence-corrected chi connectivity index (χ0v) is 12.8. The Balaban J connectivity index is 4.68. The first-order valence-corrected chi connectivity index (χ1v) is 6.40. The monoisotopic (exact) mass is 267 g/mol. The normalized spacial score (nSPS) is 12.5. The Morgan fingerprint density at radius 1 is 1.16 bits per heavy atom. The van der Waals surface area contributed by atoms with Crippen molar-refractivity contribution in [3.8, 4) is 0 Å². The third-order valence-corrected chi connectivity index (χ3v) is 3.23. The van der Waals surface area contributed by atoms with Crippen LogP contribution in [0, 0.1) is 10.8 Å². The van der Waals surface area contributed by atoms with Gasteiger partial charge in [-0.2, -0.15) is 0 Å². The molecule has 0 aromatic heterocycles. The largest absolute Gasteiger partial charge is 0.342 e. The van der Waals surface area contributed by atoms with Crippen molar-refractivity contribution in [1.82, 2.24) is 4.90 Å². The van der Waals surface area contributed by atoms with E-state index in [-0.39, 0.29) is 17.1 Å². The molecule has 1 amide bonds. The quantitative estimate of drug-likeness (QED) is 0.525. The van der Waals surface area contributed by atoms with Crippen molar-refractivity contribution < 1.29 is 14.4 Å². The van der Waals surface area contributed by atoms with Crippen LogP contribution in [-0.2, 0) is 14.4 Å². The Morgan fingerprint density at radius 2 is 1.68 bits per heavy atom. The van der Waals surface area contributed by atoms with Crippen LogP contribution >= 0.6 is 0 Å². The zero-order chi connectivity index (χ0) is 15.3. The molecule has 0 aromatic rings. The van der Waals surface area contributed by atoms with E-state index in [1.807, 2.05) is 27.7 Å². The molecule has 0 radical (unpaired) electrons. The number of likely N-dealkylation sites (N-methyl/N-ethyl adjacent to an activating group) is 1. The standard InChI is InChI=1S/C15H25NO3/c1-12(18)15(4,5)10-14(2,3)11-16(6)13(19)8-7-9-17/h7-9H,10-11H2,1-6H3/b8-7-. The van der Waals surface area contributed by atoms with E-state index in [9.17, 15) is 14.4 Å². The Hall–Kier alpha value is -1.45. The first-order valence-electron chi connectivity index (χ1n) is 6.40. The lowest BCUT2D eigenvalue weighted by Crippen LogP contribution is -2.39. The summed E-state index contributed by atoms with van der Waals surface area (Å²) >= 11 is 0. The zero-order valence-electron chi connectivity index (χ0n) is 12.8. The van der Waals surface area contributed by atoms with Gasteiger partial charge in [-0.05, 0) is 24.8 Å². The Kier molecular flexibility index (Phi) is 6.13. The van der Waals surface area contributed by atoms with Gasteiger partial charge in [-0.15, -0.1) is 0 Å². The van der Waals surface area contributed by atoms with Crippen LogP contribution in [0.25, 0.3) is 0 Å². The van der Waals surface area contributed by atoms with Gasteiger partial charge in [0.25, 0.3) is 0 Å². The van der Waals surface area contributed by atoms with Gasteiger partial charge in [0.15, 0.2) is 0 Å². The average Bonchev–Trinajstić information content (AvgIpc) is 2.23. The van der Waals surface area contributed by atoms with E-state index in [0.29, 0.717) is 19.3 Å². The van der Waals surface area contributed by atoms with Crippen LogP contribution in [0.5, 0.6) is 0 Å². The minimum Gasteiger partial charge on any atom is -0.342 e. The third kappa shape index (κ3) is 6.32. The number of ketones is 1. The highest BCUT2D eigenvalue weighted by Crippen LogP contribution is 2.34. The predicted octanol–water partition coefficient (Wildman–Crippen LogP) is 2.23. The van der Waals surface area contributed by atoms with Gasteiger partial charge in [-0.25, -0.2) is 0 Å². The van der Waals surface area contributed by atoms with Crippen molar-refractivity contribution in [3.63, 3.8) is 0 Å². The minimum absolute atomic E-state index is 0.149. The number of hydrogen-bond acceptors (Lipinski definition) is 3. The molecule has 0 saturated heterocycles. The highest BCUT2D eigenvalue weighted by atomic mass is 16.2. The fourth-order valence-electron chi connectivity index (χ4n) is 2.35. The highest BCUT2D eigenvalue weighted by Gasteiger charge is 2.33. The molecule has 0 unspecified atom stereocenters. The second-order valence-corrected chi connectivity index (χ2v) is 6.47. The number of rotatable bonds is 7. The van der Waals surface area contributed by atoms with Crippen molar-refractivity contribution in [2.75, 3.05) is 13.6 Å². The molecule has 0 aromatic carbocycles. The predicted molar refractivity (Wildman–Crippen MR) is 75.7 cm³/mol. The van der Waals surface area contributed by atoms with Crippen LogP contribution in [0.2, 0.25) is 0 Å². The van der Waals surface area contributed by atoms with Gasteiger partial charge in [-0.1, -0.05) is 27.7 Å². The summed E-state index contributed by atoms with van der Waals surface area (Å²) in [5.41, 5.74) is -0.569. The summed E-state index contributed by atoms with van der Waals surface area (Å²) in [6, 6.07) is 0. The Labute approximate surface area is 115 Å². The van der Waals surface area contributed by atoms with Gasteiger partial charge >= 0.3 is 0 Å². The second kappa shape index (κ2) is 6.64. The molecular weight excluding hydrogens is 242 g/mol. The summed E-state index contributed by atoms with van der Waals surface area (Å²) in [7, 11) is 1.69. The number of carbonyl (C=O) groups excluding carboxylic acids is 3. The summed E-state index contributed by atoms with van der Waals surface area (Å²) < 4.78 is 0. The number of Topliss-reactive ketones (excluding diaryl/α,β-unsaturated/α-hetero) is 1. The smallest absolute Gasteiger partial charge is 0.246 e. The topological polar surface area (TPSA) is 54.5 Å². The van der Waals surface area contributed by atoms with E-state index in [1.54, 1.807) is 18.9 Å². The molecule has 0 N–H and O–H groups in total. The van der Waals surface area contributed by atoms with Crippen LogP contribution in [0.4, 0.5) is 0 Å². The van der Waals surface area contributed by atoms with Crippen molar-refractivity contribution in [2.45, 2.75) is 41.0 Å².